The summed E-state index contributed by atoms with van der Waals surface area (Å²) in [5, 5.41) is 3.67. The van der Waals surface area contributed by atoms with Gasteiger partial charge in [0, 0.05) is 6.04 Å². The number of hydrogen-bond acceptors (Lipinski definition) is 2. The van der Waals surface area contributed by atoms with Crippen LogP contribution in [-0.2, 0) is 4.74 Å². The summed E-state index contributed by atoms with van der Waals surface area (Å²) in [6.07, 6.45) is 5.55. The molecule has 0 fully saturated rings. The molecule has 2 unspecified atom stereocenters. The molecule has 2 nitrogen and oxygen atoms in total. The minimum Gasteiger partial charge on any atom is -0.501 e. The van der Waals surface area contributed by atoms with Crippen molar-refractivity contribution in [1.29, 1.82) is 0 Å². The number of hydrogen-bond donors (Lipinski definition) is 1. The molecule has 0 bridgehead atoms. The zero-order valence-electron chi connectivity index (χ0n) is 11.3. The first-order valence-corrected chi connectivity index (χ1v) is 6.70. The van der Waals surface area contributed by atoms with Crippen molar-refractivity contribution >= 4 is 0 Å². The maximum Gasteiger partial charge on any atom is 0.0876 e. The summed E-state index contributed by atoms with van der Waals surface area (Å²) in [6.45, 7) is 11.1. The third-order valence-electron chi connectivity index (χ3n) is 3.55. The predicted molar refractivity (Wildman–Crippen MR) is 69.4 cm³/mol. The van der Waals surface area contributed by atoms with Crippen LogP contribution in [0.5, 0.6) is 0 Å². The summed E-state index contributed by atoms with van der Waals surface area (Å²) in [5.41, 5.74) is 1.46. The second kappa shape index (κ2) is 6.95. The van der Waals surface area contributed by atoms with Crippen LogP contribution in [0.25, 0.3) is 0 Å². The Labute approximate surface area is 100 Å². The normalized spacial score (nSPS) is 20.2. The second-order valence-corrected chi connectivity index (χ2v) is 5.20. The lowest BCUT2D eigenvalue weighted by molar-refractivity contribution is 0.210. The van der Waals surface area contributed by atoms with Gasteiger partial charge in [0.05, 0.1) is 12.9 Å². The monoisotopic (exact) mass is 225 g/mol. The van der Waals surface area contributed by atoms with Crippen LogP contribution in [0.2, 0.25) is 0 Å². The lowest BCUT2D eigenvalue weighted by Gasteiger charge is -2.31. The third-order valence-corrected chi connectivity index (χ3v) is 3.55. The van der Waals surface area contributed by atoms with Crippen molar-refractivity contribution in [2.75, 3.05) is 13.2 Å². The van der Waals surface area contributed by atoms with E-state index < -0.39 is 0 Å². The Bertz CT molecular complexity index is 223. The van der Waals surface area contributed by atoms with E-state index in [9.17, 15) is 0 Å². The van der Waals surface area contributed by atoms with E-state index >= 15 is 0 Å². The van der Waals surface area contributed by atoms with Crippen LogP contribution in [-0.4, -0.2) is 19.2 Å². The third kappa shape index (κ3) is 3.82. The van der Waals surface area contributed by atoms with E-state index in [-0.39, 0.29) is 0 Å². The topological polar surface area (TPSA) is 21.3 Å². The summed E-state index contributed by atoms with van der Waals surface area (Å²) in [4.78, 5) is 0. The predicted octanol–water partition coefficient (Wildman–Crippen LogP) is 3.34. The largest absolute Gasteiger partial charge is 0.501 e. The Hall–Kier alpha value is -0.500. The van der Waals surface area contributed by atoms with Crippen molar-refractivity contribution in [1.82, 2.24) is 5.32 Å². The molecule has 0 aliphatic carbocycles. The Balaban J connectivity index is 2.65. The summed E-state index contributed by atoms with van der Waals surface area (Å²) in [6, 6.07) is 0.500. The van der Waals surface area contributed by atoms with Crippen LogP contribution >= 0.6 is 0 Å². The van der Waals surface area contributed by atoms with Gasteiger partial charge in [0.1, 0.15) is 0 Å². The van der Waals surface area contributed by atoms with Crippen molar-refractivity contribution in [2.24, 2.45) is 11.8 Å². The number of nitrogens with one attached hydrogen (secondary N) is 1. The Morgan fingerprint density at radius 3 is 2.62 bits per heavy atom. The van der Waals surface area contributed by atoms with E-state index in [1.807, 2.05) is 6.26 Å². The van der Waals surface area contributed by atoms with Crippen LogP contribution in [0.4, 0.5) is 0 Å². The first kappa shape index (κ1) is 13.6. The molecule has 1 aliphatic rings. The van der Waals surface area contributed by atoms with Crippen LogP contribution in [0.1, 0.15) is 47.0 Å². The number of rotatable bonds is 6. The van der Waals surface area contributed by atoms with Gasteiger partial charge in [0.15, 0.2) is 0 Å². The van der Waals surface area contributed by atoms with Gasteiger partial charge < -0.3 is 10.1 Å². The Morgan fingerprint density at radius 2 is 2.12 bits per heavy atom. The summed E-state index contributed by atoms with van der Waals surface area (Å²) in [5.74, 6) is 1.37. The maximum absolute atomic E-state index is 5.47. The molecule has 0 amide bonds. The minimum absolute atomic E-state index is 0.500. The van der Waals surface area contributed by atoms with Crippen molar-refractivity contribution in [3.63, 3.8) is 0 Å². The molecule has 0 aromatic heterocycles. The smallest absolute Gasteiger partial charge is 0.0876 e. The summed E-state index contributed by atoms with van der Waals surface area (Å²) >= 11 is 0. The molecule has 1 heterocycles. The summed E-state index contributed by atoms with van der Waals surface area (Å²) in [7, 11) is 0. The molecule has 2 atom stereocenters. The van der Waals surface area contributed by atoms with Gasteiger partial charge in [-0.25, -0.2) is 0 Å². The van der Waals surface area contributed by atoms with E-state index in [0.29, 0.717) is 17.9 Å². The molecule has 1 rings (SSSR count). The molecular formula is C14H27NO. The molecule has 1 aliphatic heterocycles. The molecule has 0 saturated heterocycles. The Kier molecular flexibility index (Phi) is 5.89. The average molecular weight is 225 g/mol. The quantitative estimate of drug-likeness (QED) is 0.748. The highest BCUT2D eigenvalue weighted by Crippen LogP contribution is 2.25. The first-order valence-electron chi connectivity index (χ1n) is 6.70. The van der Waals surface area contributed by atoms with E-state index in [1.165, 1.54) is 24.8 Å². The SMILES string of the molecule is CCCNC(C1=COCCC1)C(C)C(C)C. The van der Waals surface area contributed by atoms with Gasteiger partial charge in [-0.1, -0.05) is 27.7 Å². The molecule has 94 valence electrons. The second-order valence-electron chi connectivity index (χ2n) is 5.20. The van der Waals surface area contributed by atoms with Crippen LogP contribution in [0, 0.1) is 11.8 Å². The van der Waals surface area contributed by atoms with Crippen molar-refractivity contribution in [2.45, 2.75) is 53.0 Å². The highest BCUT2D eigenvalue weighted by Gasteiger charge is 2.24. The fraction of sp³-hybridized carbons (Fsp3) is 0.857. The minimum atomic E-state index is 0.500. The molecule has 1 N–H and O–H groups in total. The molecule has 0 saturated carbocycles. The summed E-state index contributed by atoms with van der Waals surface area (Å²) < 4.78 is 5.47. The molecule has 16 heavy (non-hydrogen) atoms. The fourth-order valence-corrected chi connectivity index (χ4v) is 2.15. The molecule has 0 aromatic carbocycles. The van der Waals surface area contributed by atoms with E-state index in [2.05, 4.69) is 33.0 Å². The van der Waals surface area contributed by atoms with Crippen molar-refractivity contribution < 1.29 is 4.74 Å². The standard InChI is InChI=1S/C14H27NO/c1-5-8-15-14(12(4)11(2)3)13-7-6-9-16-10-13/h10-12,14-15H,5-9H2,1-4H3. The Morgan fingerprint density at radius 1 is 1.38 bits per heavy atom. The van der Waals surface area contributed by atoms with Gasteiger partial charge in [-0.05, 0) is 43.2 Å². The molecule has 0 radical (unpaired) electrons. The van der Waals surface area contributed by atoms with E-state index in [4.69, 9.17) is 4.74 Å². The fourth-order valence-electron chi connectivity index (χ4n) is 2.15. The van der Waals surface area contributed by atoms with Crippen molar-refractivity contribution in [3.05, 3.63) is 11.8 Å². The lowest BCUT2D eigenvalue weighted by atomic mass is 9.84. The van der Waals surface area contributed by atoms with Gasteiger partial charge in [-0.15, -0.1) is 0 Å². The zero-order valence-corrected chi connectivity index (χ0v) is 11.3. The van der Waals surface area contributed by atoms with Crippen LogP contribution in [0.15, 0.2) is 11.8 Å². The lowest BCUT2D eigenvalue weighted by Crippen LogP contribution is -2.40. The van der Waals surface area contributed by atoms with E-state index in [0.717, 1.165) is 13.2 Å². The van der Waals surface area contributed by atoms with Crippen LogP contribution in [0.3, 0.4) is 0 Å². The van der Waals surface area contributed by atoms with Crippen molar-refractivity contribution in [3.8, 4) is 0 Å². The van der Waals surface area contributed by atoms with Gasteiger partial charge >= 0.3 is 0 Å². The highest BCUT2D eigenvalue weighted by molar-refractivity contribution is 5.11. The molecule has 0 spiro atoms. The molecular weight excluding hydrogens is 198 g/mol. The molecule has 0 aromatic rings. The molecule has 2 heteroatoms. The van der Waals surface area contributed by atoms with Gasteiger partial charge in [0.25, 0.3) is 0 Å². The van der Waals surface area contributed by atoms with Gasteiger partial charge in [-0.2, -0.15) is 0 Å². The maximum atomic E-state index is 5.47. The number of ether oxygens (including phenoxy) is 1. The first-order chi connectivity index (χ1) is 7.66. The average Bonchev–Trinajstić information content (AvgIpc) is 2.30. The highest BCUT2D eigenvalue weighted by atomic mass is 16.5. The van der Waals surface area contributed by atoms with Gasteiger partial charge in [-0.3, -0.25) is 0 Å². The van der Waals surface area contributed by atoms with Gasteiger partial charge in [0.2, 0.25) is 0 Å². The zero-order chi connectivity index (χ0) is 12.0. The van der Waals surface area contributed by atoms with Crippen LogP contribution < -0.4 is 5.32 Å². The van der Waals surface area contributed by atoms with E-state index in [1.54, 1.807) is 0 Å².